The third-order valence-electron chi connectivity index (χ3n) is 4.23. The molecule has 1 aromatic heterocycles. The Kier molecular flexibility index (Phi) is 5.07. The molecule has 1 amide bonds. The lowest BCUT2D eigenvalue weighted by Gasteiger charge is -2.15. The number of benzene rings is 2. The first kappa shape index (κ1) is 17.7. The van der Waals surface area contributed by atoms with Gasteiger partial charge in [-0.2, -0.15) is 0 Å². The van der Waals surface area contributed by atoms with Crippen LogP contribution in [0, 0.1) is 6.92 Å². The van der Waals surface area contributed by atoms with Crippen LogP contribution >= 0.6 is 0 Å². The number of hydrogen-bond donors (Lipinski definition) is 1. The fraction of sp³-hybridized carbons (Fsp3) is 0.238. The highest BCUT2D eigenvalue weighted by Gasteiger charge is 2.15. The summed E-state index contributed by atoms with van der Waals surface area (Å²) in [6.45, 7) is 5.60. The van der Waals surface area contributed by atoms with Crippen LogP contribution in [0.1, 0.15) is 25.0 Å². The Bertz CT molecular complexity index is 989. The van der Waals surface area contributed by atoms with Crippen LogP contribution in [0.4, 0.5) is 5.69 Å². The standard InChI is InChI=1S/C21H21NO4/c1-4-15-5-7-16(8-6-15)22-21(24)14(3)25-17-9-10-18-13(2)11-20(23)26-19(18)12-17/h5-12,14H,4H2,1-3H3,(H,22,24). The molecule has 0 radical (unpaired) electrons. The summed E-state index contributed by atoms with van der Waals surface area (Å²) in [5.41, 5.74) is 2.80. The molecule has 1 unspecified atom stereocenters. The largest absolute Gasteiger partial charge is 0.481 e. The Morgan fingerprint density at radius 3 is 2.58 bits per heavy atom. The summed E-state index contributed by atoms with van der Waals surface area (Å²) in [7, 11) is 0. The van der Waals surface area contributed by atoms with E-state index in [1.165, 1.54) is 11.6 Å². The zero-order valence-electron chi connectivity index (χ0n) is 15.0. The van der Waals surface area contributed by atoms with E-state index in [1.54, 1.807) is 19.1 Å². The van der Waals surface area contributed by atoms with Crippen LogP contribution < -0.4 is 15.7 Å². The SMILES string of the molecule is CCc1ccc(NC(=O)C(C)Oc2ccc3c(C)cc(=O)oc3c2)cc1. The number of aryl methyl sites for hydroxylation is 2. The Hall–Kier alpha value is -3.08. The first-order valence-electron chi connectivity index (χ1n) is 8.57. The van der Waals surface area contributed by atoms with Gasteiger partial charge in [-0.15, -0.1) is 0 Å². The molecule has 0 aliphatic rings. The van der Waals surface area contributed by atoms with Gasteiger partial charge in [0.15, 0.2) is 6.10 Å². The first-order valence-corrected chi connectivity index (χ1v) is 8.57. The van der Waals surface area contributed by atoms with Gasteiger partial charge in [-0.1, -0.05) is 19.1 Å². The molecule has 134 valence electrons. The molecule has 5 heteroatoms. The number of ether oxygens (including phenoxy) is 1. The van der Waals surface area contributed by atoms with Gasteiger partial charge >= 0.3 is 5.63 Å². The lowest BCUT2D eigenvalue weighted by molar-refractivity contribution is -0.122. The van der Waals surface area contributed by atoms with Crippen molar-refractivity contribution < 1.29 is 13.9 Å². The van der Waals surface area contributed by atoms with Crippen molar-refractivity contribution in [1.29, 1.82) is 0 Å². The second kappa shape index (κ2) is 7.44. The molecule has 0 saturated heterocycles. The quantitative estimate of drug-likeness (QED) is 0.704. The van der Waals surface area contributed by atoms with Crippen molar-refractivity contribution in [1.82, 2.24) is 0 Å². The fourth-order valence-electron chi connectivity index (χ4n) is 2.70. The number of amides is 1. The highest BCUT2D eigenvalue weighted by atomic mass is 16.5. The van der Waals surface area contributed by atoms with Crippen molar-refractivity contribution in [3.8, 4) is 5.75 Å². The van der Waals surface area contributed by atoms with Crippen molar-refractivity contribution in [3.63, 3.8) is 0 Å². The van der Waals surface area contributed by atoms with Gasteiger partial charge in [0.2, 0.25) is 0 Å². The molecule has 26 heavy (non-hydrogen) atoms. The summed E-state index contributed by atoms with van der Waals surface area (Å²) < 4.78 is 10.9. The van der Waals surface area contributed by atoms with Crippen LogP contribution in [-0.4, -0.2) is 12.0 Å². The Labute approximate surface area is 151 Å². The van der Waals surface area contributed by atoms with Crippen LogP contribution in [-0.2, 0) is 11.2 Å². The van der Waals surface area contributed by atoms with Gasteiger partial charge in [-0.3, -0.25) is 4.79 Å². The van der Waals surface area contributed by atoms with Crippen molar-refractivity contribution >= 4 is 22.6 Å². The Balaban J connectivity index is 1.72. The fourth-order valence-corrected chi connectivity index (χ4v) is 2.70. The molecule has 1 N–H and O–H groups in total. The van der Waals surface area contributed by atoms with Crippen LogP contribution in [0.3, 0.4) is 0 Å². The zero-order chi connectivity index (χ0) is 18.7. The van der Waals surface area contributed by atoms with Crippen molar-refractivity contribution in [2.45, 2.75) is 33.3 Å². The lowest BCUT2D eigenvalue weighted by atomic mass is 10.1. The maximum Gasteiger partial charge on any atom is 0.336 e. The van der Waals surface area contributed by atoms with E-state index >= 15 is 0 Å². The highest BCUT2D eigenvalue weighted by Crippen LogP contribution is 2.23. The average Bonchev–Trinajstić information content (AvgIpc) is 2.61. The summed E-state index contributed by atoms with van der Waals surface area (Å²) >= 11 is 0. The molecule has 3 rings (SSSR count). The number of carbonyl (C=O) groups excluding carboxylic acids is 1. The van der Waals surface area contributed by atoms with Crippen LogP contribution in [0.25, 0.3) is 11.0 Å². The molecule has 0 spiro atoms. The summed E-state index contributed by atoms with van der Waals surface area (Å²) in [5, 5.41) is 3.67. The topological polar surface area (TPSA) is 68.5 Å². The second-order valence-corrected chi connectivity index (χ2v) is 6.21. The van der Waals surface area contributed by atoms with Crippen LogP contribution in [0.2, 0.25) is 0 Å². The van der Waals surface area contributed by atoms with E-state index in [0.29, 0.717) is 11.3 Å². The third kappa shape index (κ3) is 3.94. The predicted molar refractivity (Wildman–Crippen MR) is 102 cm³/mol. The predicted octanol–water partition coefficient (Wildman–Crippen LogP) is 4.07. The number of carbonyl (C=O) groups is 1. The number of nitrogens with one attached hydrogen (secondary N) is 1. The van der Waals surface area contributed by atoms with Gasteiger partial charge < -0.3 is 14.5 Å². The molecule has 1 heterocycles. The summed E-state index contributed by atoms with van der Waals surface area (Å²) in [6, 6.07) is 14.4. The Morgan fingerprint density at radius 1 is 1.15 bits per heavy atom. The van der Waals surface area contributed by atoms with Crippen molar-refractivity contribution in [3.05, 3.63) is 70.1 Å². The Morgan fingerprint density at radius 2 is 1.88 bits per heavy atom. The van der Waals surface area contributed by atoms with Gasteiger partial charge in [-0.25, -0.2) is 4.79 Å². The van der Waals surface area contributed by atoms with Gasteiger partial charge in [0, 0.05) is 23.2 Å². The summed E-state index contributed by atoms with van der Waals surface area (Å²) in [5.74, 6) is 0.218. The normalized spacial score (nSPS) is 12.0. The van der Waals surface area contributed by atoms with E-state index in [1.807, 2.05) is 37.3 Å². The molecule has 0 aliphatic heterocycles. The van der Waals surface area contributed by atoms with Gasteiger partial charge in [0.05, 0.1) is 0 Å². The van der Waals surface area contributed by atoms with E-state index in [-0.39, 0.29) is 5.91 Å². The van der Waals surface area contributed by atoms with E-state index in [4.69, 9.17) is 9.15 Å². The van der Waals surface area contributed by atoms with Crippen LogP contribution in [0.5, 0.6) is 5.75 Å². The maximum atomic E-state index is 12.3. The first-order chi connectivity index (χ1) is 12.5. The molecule has 5 nitrogen and oxygen atoms in total. The second-order valence-electron chi connectivity index (χ2n) is 6.21. The number of hydrogen-bond acceptors (Lipinski definition) is 4. The lowest BCUT2D eigenvalue weighted by Crippen LogP contribution is -2.30. The average molecular weight is 351 g/mol. The molecule has 0 fully saturated rings. The smallest absolute Gasteiger partial charge is 0.336 e. The van der Waals surface area contributed by atoms with E-state index < -0.39 is 11.7 Å². The number of anilines is 1. The minimum absolute atomic E-state index is 0.250. The summed E-state index contributed by atoms with van der Waals surface area (Å²) in [6.07, 6.45) is 0.250. The third-order valence-corrected chi connectivity index (χ3v) is 4.23. The monoisotopic (exact) mass is 351 g/mol. The van der Waals surface area contributed by atoms with Crippen LogP contribution in [0.15, 0.2) is 57.7 Å². The van der Waals surface area contributed by atoms with E-state index in [0.717, 1.165) is 23.1 Å². The van der Waals surface area contributed by atoms with Crippen molar-refractivity contribution in [2.24, 2.45) is 0 Å². The number of fused-ring (bicyclic) bond motifs is 1. The summed E-state index contributed by atoms with van der Waals surface area (Å²) in [4.78, 5) is 23.9. The molecular formula is C21H21NO4. The van der Waals surface area contributed by atoms with E-state index in [2.05, 4.69) is 12.2 Å². The zero-order valence-corrected chi connectivity index (χ0v) is 15.0. The molecule has 0 saturated carbocycles. The molecule has 0 aliphatic carbocycles. The molecular weight excluding hydrogens is 330 g/mol. The molecule has 2 aromatic carbocycles. The highest BCUT2D eigenvalue weighted by molar-refractivity contribution is 5.94. The minimum Gasteiger partial charge on any atom is -0.481 e. The molecule has 1 atom stereocenters. The maximum absolute atomic E-state index is 12.3. The van der Waals surface area contributed by atoms with E-state index in [9.17, 15) is 9.59 Å². The van der Waals surface area contributed by atoms with Crippen molar-refractivity contribution in [2.75, 3.05) is 5.32 Å². The van der Waals surface area contributed by atoms with Gasteiger partial charge in [-0.05, 0) is 55.7 Å². The molecule has 0 bridgehead atoms. The van der Waals surface area contributed by atoms with Gasteiger partial charge in [0.25, 0.3) is 5.91 Å². The van der Waals surface area contributed by atoms with Gasteiger partial charge in [0.1, 0.15) is 11.3 Å². The minimum atomic E-state index is -0.699. The molecule has 3 aromatic rings. The number of rotatable bonds is 5.